The van der Waals surface area contributed by atoms with Gasteiger partial charge in [-0.15, -0.1) is 0 Å². The predicted molar refractivity (Wildman–Crippen MR) is 98.1 cm³/mol. The number of nitrogens with zero attached hydrogens (tertiary/aromatic N) is 1. The first kappa shape index (κ1) is 20.4. The first-order chi connectivity index (χ1) is 13.7. The van der Waals surface area contributed by atoms with Gasteiger partial charge >= 0.3 is 7.82 Å². The van der Waals surface area contributed by atoms with Gasteiger partial charge in [-0.2, -0.15) is 0 Å². The van der Waals surface area contributed by atoms with Crippen molar-refractivity contribution in [2.75, 3.05) is 6.61 Å². The van der Waals surface area contributed by atoms with Crippen LogP contribution in [0.2, 0.25) is 0 Å². The summed E-state index contributed by atoms with van der Waals surface area (Å²) in [6.07, 6.45) is -1.59. The summed E-state index contributed by atoms with van der Waals surface area (Å²) in [5.74, 6) is -2.41. The first-order valence-electron chi connectivity index (χ1n) is 9.25. The van der Waals surface area contributed by atoms with E-state index >= 15 is 0 Å². The van der Waals surface area contributed by atoms with Gasteiger partial charge in [-0.25, -0.2) is 8.96 Å². The number of phosphoric ester groups is 1. The zero-order valence-corrected chi connectivity index (χ0v) is 16.9. The van der Waals surface area contributed by atoms with Crippen molar-refractivity contribution in [3.8, 4) is 0 Å². The molecule has 0 N–H and O–H groups in total. The summed E-state index contributed by atoms with van der Waals surface area (Å²) in [6.45, 7) is 3.93. The molecule has 2 saturated heterocycles. The Morgan fingerprint density at radius 1 is 1.28 bits per heavy atom. The standard InChI is InChI=1S/C19H21FNO7P/c1-11-3-4-13(12(2)5-11)9-25-29(24)26-10-17-16(28-29)7-19(27-17)21-8-14(20)15(22)6-18(21)23/h3-5,8,16-17,19H,6-7,9-10H2,1-2H3/t16-,17+,19+,29?/m0/s1. The second kappa shape index (κ2) is 7.74. The highest BCUT2D eigenvalue weighted by Crippen LogP contribution is 2.56. The summed E-state index contributed by atoms with van der Waals surface area (Å²) in [5, 5.41) is 0. The molecule has 1 aromatic rings. The van der Waals surface area contributed by atoms with Crippen LogP contribution in [0, 0.1) is 13.8 Å². The number of ketones is 1. The molecule has 29 heavy (non-hydrogen) atoms. The van der Waals surface area contributed by atoms with E-state index in [1.54, 1.807) is 0 Å². The molecule has 0 saturated carbocycles. The summed E-state index contributed by atoms with van der Waals surface area (Å²) in [4.78, 5) is 24.4. The Balaban J connectivity index is 1.40. The lowest BCUT2D eigenvalue weighted by molar-refractivity contribution is -0.146. The largest absolute Gasteiger partial charge is 0.475 e. The van der Waals surface area contributed by atoms with Gasteiger partial charge in [0.05, 0.1) is 19.6 Å². The molecule has 156 valence electrons. The minimum absolute atomic E-state index is 0.0432. The molecule has 0 aromatic heterocycles. The number of amides is 1. The van der Waals surface area contributed by atoms with E-state index in [2.05, 4.69) is 0 Å². The van der Waals surface area contributed by atoms with Gasteiger partial charge in [-0.3, -0.25) is 28.1 Å². The molecule has 0 aliphatic carbocycles. The summed E-state index contributed by atoms with van der Waals surface area (Å²) in [6, 6.07) is 5.82. The summed E-state index contributed by atoms with van der Waals surface area (Å²) in [7, 11) is -3.81. The van der Waals surface area contributed by atoms with Crippen LogP contribution in [0.1, 0.15) is 29.5 Å². The first-order valence-corrected chi connectivity index (χ1v) is 10.7. The fourth-order valence-electron chi connectivity index (χ4n) is 3.54. The Bertz CT molecular complexity index is 933. The SMILES string of the molecule is Cc1ccc(COP2(=O)OC[C@H]3O[C@@H](N4C=C(F)C(=O)CC4=O)C[C@@H]3O2)c(C)c1. The fourth-order valence-corrected chi connectivity index (χ4v) is 4.92. The average Bonchev–Trinajstić information content (AvgIpc) is 3.06. The molecule has 3 aliphatic heterocycles. The smallest absolute Gasteiger partial charge is 0.349 e. The average molecular weight is 425 g/mol. The van der Waals surface area contributed by atoms with Crippen molar-refractivity contribution in [1.29, 1.82) is 0 Å². The molecule has 0 radical (unpaired) electrons. The number of carbonyl (C=O) groups excluding carboxylic acids is 2. The van der Waals surface area contributed by atoms with Gasteiger partial charge < -0.3 is 4.74 Å². The van der Waals surface area contributed by atoms with E-state index in [1.165, 1.54) is 0 Å². The monoisotopic (exact) mass is 425 g/mol. The van der Waals surface area contributed by atoms with Crippen molar-refractivity contribution in [2.24, 2.45) is 0 Å². The number of aryl methyl sites for hydroxylation is 2. The Kier molecular flexibility index (Phi) is 5.44. The van der Waals surface area contributed by atoms with Gasteiger partial charge in [-0.05, 0) is 25.0 Å². The zero-order valence-electron chi connectivity index (χ0n) is 16.0. The Morgan fingerprint density at radius 3 is 2.83 bits per heavy atom. The van der Waals surface area contributed by atoms with E-state index in [0.29, 0.717) is 0 Å². The number of hydrogen-bond donors (Lipinski definition) is 0. The second-order valence-corrected chi connectivity index (χ2v) is 8.95. The normalized spacial score (nSPS) is 32.3. The molecule has 4 rings (SSSR count). The van der Waals surface area contributed by atoms with Gasteiger partial charge in [0.15, 0.2) is 5.83 Å². The number of Topliss-reactive ketones (excluding diaryl/α,β-unsaturated/α-hetero) is 1. The van der Waals surface area contributed by atoms with Crippen LogP contribution in [0.4, 0.5) is 4.39 Å². The van der Waals surface area contributed by atoms with E-state index in [4.69, 9.17) is 18.3 Å². The molecule has 2 fully saturated rings. The molecular formula is C19H21FNO7P. The van der Waals surface area contributed by atoms with Crippen LogP contribution in [0.5, 0.6) is 0 Å². The fraction of sp³-hybridized carbons (Fsp3) is 0.474. The van der Waals surface area contributed by atoms with Gasteiger partial charge in [0.1, 0.15) is 18.4 Å². The van der Waals surface area contributed by atoms with Gasteiger partial charge in [0.25, 0.3) is 0 Å². The molecule has 3 aliphatic rings. The van der Waals surface area contributed by atoms with Crippen LogP contribution in [0.25, 0.3) is 0 Å². The lowest BCUT2D eigenvalue weighted by atomic mass is 10.1. The predicted octanol–water partition coefficient (Wildman–Crippen LogP) is 3.07. The lowest BCUT2D eigenvalue weighted by Gasteiger charge is -2.30. The van der Waals surface area contributed by atoms with E-state index in [0.717, 1.165) is 27.8 Å². The molecule has 1 amide bonds. The maximum Gasteiger partial charge on any atom is 0.475 e. The number of allylic oxidation sites excluding steroid dienone is 1. The highest BCUT2D eigenvalue weighted by molar-refractivity contribution is 7.48. The topological polar surface area (TPSA) is 91.4 Å². The molecule has 1 unspecified atom stereocenters. The van der Waals surface area contributed by atoms with Crippen LogP contribution in [0.15, 0.2) is 30.2 Å². The molecular weight excluding hydrogens is 404 g/mol. The molecule has 4 atom stereocenters. The third-order valence-corrected chi connectivity index (χ3v) is 6.59. The Hall–Kier alpha value is -1.90. The molecule has 8 nitrogen and oxygen atoms in total. The number of fused-ring (bicyclic) bond motifs is 1. The second-order valence-electron chi connectivity index (χ2n) is 7.33. The Morgan fingerprint density at radius 2 is 2.07 bits per heavy atom. The number of halogens is 1. The van der Waals surface area contributed by atoms with Crippen molar-refractivity contribution in [2.45, 2.75) is 51.7 Å². The van der Waals surface area contributed by atoms with Gasteiger partial charge in [0, 0.05) is 12.6 Å². The third kappa shape index (κ3) is 4.20. The van der Waals surface area contributed by atoms with Crippen molar-refractivity contribution in [1.82, 2.24) is 4.90 Å². The third-order valence-electron chi connectivity index (χ3n) is 5.15. The summed E-state index contributed by atoms with van der Waals surface area (Å²) < 4.78 is 48.5. The van der Waals surface area contributed by atoms with Crippen LogP contribution < -0.4 is 0 Å². The quantitative estimate of drug-likeness (QED) is 0.541. The van der Waals surface area contributed by atoms with Gasteiger partial charge in [0.2, 0.25) is 11.7 Å². The minimum Gasteiger partial charge on any atom is -0.349 e. The molecule has 0 spiro atoms. The number of hydrogen-bond acceptors (Lipinski definition) is 7. The lowest BCUT2D eigenvalue weighted by Crippen LogP contribution is -2.40. The molecule has 3 heterocycles. The Labute approximate surface area is 167 Å². The summed E-state index contributed by atoms with van der Waals surface area (Å²) in [5.41, 5.74) is 2.98. The van der Waals surface area contributed by atoms with Crippen molar-refractivity contribution >= 4 is 19.5 Å². The van der Waals surface area contributed by atoms with Crippen molar-refractivity contribution < 1.29 is 36.9 Å². The zero-order chi connectivity index (χ0) is 20.8. The maximum atomic E-state index is 13.6. The van der Waals surface area contributed by atoms with E-state index in [1.807, 2.05) is 32.0 Å². The van der Waals surface area contributed by atoms with Crippen molar-refractivity contribution in [3.05, 3.63) is 46.9 Å². The van der Waals surface area contributed by atoms with Gasteiger partial charge in [-0.1, -0.05) is 23.8 Å². The van der Waals surface area contributed by atoms with Crippen LogP contribution in [0.3, 0.4) is 0 Å². The number of benzene rings is 1. The number of carbonyl (C=O) groups is 2. The highest BCUT2D eigenvalue weighted by Gasteiger charge is 2.49. The van der Waals surface area contributed by atoms with E-state index < -0.39 is 50.2 Å². The summed E-state index contributed by atoms with van der Waals surface area (Å²) >= 11 is 0. The van der Waals surface area contributed by atoms with Crippen LogP contribution >= 0.6 is 7.82 Å². The molecule has 0 bridgehead atoms. The number of rotatable bonds is 4. The van der Waals surface area contributed by atoms with E-state index in [9.17, 15) is 18.5 Å². The number of ether oxygens (including phenoxy) is 1. The maximum absolute atomic E-state index is 13.6. The molecule has 1 aromatic carbocycles. The molecule has 10 heteroatoms. The van der Waals surface area contributed by atoms with Crippen LogP contribution in [-0.2, 0) is 39.1 Å². The number of phosphoric acid groups is 1. The highest BCUT2D eigenvalue weighted by atomic mass is 31.2. The van der Waals surface area contributed by atoms with Crippen molar-refractivity contribution in [3.63, 3.8) is 0 Å². The van der Waals surface area contributed by atoms with Crippen LogP contribution in [-0.4, -0.2) is 41.6 Å². The minimum atomic E-state index is -3.81. The van der Waals surface area contributed by atoms with E-state index in [-0.39, 0.29) is 19.6 Å².